The van der Waals surface area contributed by atoms with E-state index in [9.17, 15) is 4.79 Å². The summed E-state index contributed by atoms with van der Waals surface area (Å²) in [6.07, 6.45) is 7.26. The van der Waals surface area contributed by atoms with Crippen LogP contribution in [-0.4, -0.2) is 61.0 Å². The normalized spacial score (nSPS) is 23.1. The number of hydrogen-bond donors (Lipinski definition) is 1. The molecule has 144 valence electrons. The van der Waals surface area contributed by atoms with E-state index in [4.69, 9.17) is 11.6 Å². The summed E-state index contributed by atoms with van der Waals surface area (Å²) in [5.74, 6) is 0.203. The highest BCUT2D eigenvalue weighted by Gasteiger charge is 2.28. The van der Waals surface area contributed by atoms with Crippen LogP contribution >= 0.6 is 11.6 Å². The van der Waals surface area contributed by atoms with Crippen molar-refractivity contribution in [2.45, 2.75) is 57.0 Å². The van der Waals surface area contributed by atoms with Crippen molar-refractivity contribution in [2.75, 3.05) is 33.2 Å². The molecule has 4 nitrogen and oxygen atoms in total. The van der Waals surface area contributed by atoms with Gasteiger partial charge in [-0.05, 0) is 82.9 Å². The van der Waals surface area contributed by atoms with E-state index in [1.54, 1.807) is 0 Å². The Hall–Kier alpha value is -1.10. The molecule has 2 fully saturated rings. The number of aryl methyl sites for hydroxylation is 1. The molecule has 2 aliphatic heterocycles. The fourth-order valence-corrected chi connectivity index (χ4v) is 4.35. The number of piperidine rings is 2. The van der Waals surface area contributed by atoms with Gasteiger partial charge in [-0.3, -0.25) is 9.69 Å². The van der Waals surface area contributed by atoms with Gasteiger partial charge in [0.1, 0.15) is 0 Å². The standard InChI is InChI=1S/C21H32ClN3O/c1-24-14-11-20(12-15-24)25-13-3-5-19(16-25)23-21(26)6-2-4-17-7-9-18(22)10-8-17/h7-10,19-20H,2-6,11-16H2,1H3,(H,23,26). The van der Waals surface area contributed by atoms with E-state index in [2.05, 4.69) is 22.2 Å². The molecule has 1 N–H and O–H groups in total. The number of nitrogens with zero attached hydrogens (tertiary/aromatic N) is 2. The summed E-state index contributed by atoms with van der Waals surface area (Å²) in [7, 11) is 2.21. The highest BCUT2D eigenvalue weighted by molar-refractivity contribution is 6.30. The maximum absolute atomic E-state index is 12.3. The molecular formula is C21H32ClN3O. The SMILES string of the molecule is CN1CCC(N2CCCC(NC(=O)CCCc3ccc(Cl)cc3)C2)CC1. The zero-order chi connectivity index (χ0) is 18.4. The molecule has 0 bridgehead atoms. The van der Waals surface area contributed by atoms with Gasteiger partial charge >= 0.3 is 0 Å². The van der Waals surface area contributed by atoms with Crippen LogP contribution in [0.25, 0.3) is 0 Å². The molecule has 0 spiro atoms. The van der Waals surface area contributed by atoms with E-state index >= 15 is 0 Å². The van der Waals surface area contributed by atoms with E-state index in [0.717, 1.165) is 30.8 Å². The Labute approximate surface area is 162 Å². The Bertz CT molecular complexity index is 569. The van der Waals surface area contributed by atoms with Crippen LogP contribution in [0.4, 0.5) is 0 Å². The third kappa shape index (κ3) is 5.97. The lowest BCUT2D eigenvalue weighted by atomic mass is 9.98. The second kappa shape index (κ2) is 9.72. The van der Waals surface area contributed by atoms with Gasteiger partial charge in [0.15, 0.2) is 0 Å². The average molecular weight is 378 g/mol. The van der Waals surface area contributed by atoms with Crippen LogP contribution in [0.5, 0.6) is 0 Å². The van der Waals surface area contributed by atoms with Crippen molar-refractivity contribution in [1.82, 2.24) is 15.1 Å². The second-order valence-electron chi connectivity index (χ2n) is 7.92. The van der Waals surface area contributed by atoms with Crippen molar-refractivity contribution < 1.29 is 4.79 Å². The molecule has 2 heterocycles. The van der Waals surface area contributed by atoms with Gasteiger partial charge in [-0.2, -0.15) is 0 Å². The quantitative estimate of drug-likeness (QED) is 0.825. The molecule has 2 saturated heterocycles. The number of benzene rings is 1. The Kier molecular flexibility index (Phi) is 7.35. The lowest BCUT2D eigenvalue weighted by molar-refractivity contribution is -0.122. The first-order valence-electron chi connectivity index (χ1n) is 10.1. The topological polar surface area (TPSA) is 35.6 Å². The highest BCUT2D eigenvalue weighted by atomic mass is 35.5. The van der Waals surface area contributed by atoms with Crippen molar-refractivity contribution in [2.24, 2.45) is 0 Å². The van der Waals surface area contributed by atoms with Crippen molar-refractivity contribution in [1.29, 1.82) is 0 Å². The maximum Gasteiger partial charge on any atom is 0.220 e. The smallest absolute Gasteiger partial charge is 0.220 e. The van der Waals surface area contributed by atoms with Gasteiger partial charge in [0.2, 0.25) is 5.91 Å². The van der Waals surface area contributed by atoms with E-state index in [1.165, 1.54) is 44.5 Å². The van der Waals surface area contributed by atoms with E-state index < -0.39 is 0 Å². The number of amides is 1. The van der Waals surface area contributed by atoms with Crippen LogP contribution in [0.3, 0.4) is 0 Å². The van der Waals surface area contributed by atoms with Gasteiger partial charge in [-0.15, -0.1) is 0 Å². The van der Waals surface area contributed by atoms with Crippen molar-refractivity contribution in [3.05, 3.63) is 34.9 Å². The van der Waals surface area contributed by atoms with Crippen LogP contribution in [0.1, 0.15) is 44.1 Å². The number of carbonyl (C=O) groups excluding carboxylic acids is 1. The van der Waals surface area contributed by atoms with E-state index in [-0.39, 0.29) is 5.91 Å². The van der Waals surface area contributed by atoms with Gasteiger partial charge in [-0.1, -0.05) is 23.7 Å². The summed E-state index contributed by atoms with van der Waals surface area (Å²) in [5.41, 5.74) is 1.24. The number of halogens is 1. The highest BCUT2D eigenvalue weighted by Crippen LogP contribution is 2.20. The van der Waals surface area contributed by atoms with Gasteiger partial charge in [0, 0.05) is 30.1 Å². The maximum atomic E-state index is 12.3. The van der Waals surface area contributed by atoms with Crippen LogP contribution < -0.4 is 5.32 Å². The molecule has 0 radical (unpaired) electrons. The van der Waals surface area contributed by atoms with Crippen LogP contribution in [0, 0.1) is 0 Å². The molecule has 3 rings (SSSR count). The van der Waals surface area contributed by atoms with Crippen LogP contribution in [0.15, 0.2) is 24.3 Å². The minimum atomic E-state index is 0.203. The Morgan fingerprint density at radius 3 is 2.62 bits per heavy atom. The van der Waals surface area contributed by atoms with Crippen LogP contribution in [0.2, 0.25) is 5.02 Å². The summed E-state index contributed by atoms with van der Waals surface area (Å²) in [6, 6.07) is 8.94. The molecule has 1 amide bonds. The fraction of sp³-hybridized carbons (Fsp3) is 0.667. The molecule has 1 unspecified atom stereocenters. The van der Waals surface area contributed by atoms with Gasteiger partial charge < -0.3 is 10.2 Å². The zero-order valence-electron chi connectivity index (χ0n) is 15.9. The van der Waals surface area contributed by atoms with E-state index in [1.807, 2.05) is 24.3 Å². The molecule has 1 aromatic carbocycles. The summed E-state index contributed by atoms with van der Waals surface area (Å²) < 4.78 is 0. The second-order valence-corrected chi connectivity index (χ2v) is 8.35. The zero-order valence-corrected chi connectivity index (χ0v) is 16.7. The third-order valence-corrected chi connectivity index (χ3v) is 6.06. The molecule has 2 aliphatic rings. The number of hydrogen-bond acceptors (Lipinski definition) is 3. The third-order valence-electron chi connectivity index (χ3n) is 5.80. The largest absolute Gasteiger partial charge is 0.352 e. The first kappa shape index (κ1) is 19.7. The predicted molar refractivity (Wildman–Crippen MR) is 108 cm³/mol. The molecule has 0 aromatic heterocycles. The molecule has 5 heteroatoms. The Balaban J connectivity index is 1.37. The van der Waals surface area contributed by atoms with Crippen molar-refractivity contribution in [3.63, 3.8) is 0 Å². The summed E-state index contributed by atoms with van der Waals surface area (Å²) in [4.78, 5) is 17.4. The predicted octanol–water partition coefficient (Wildman–Crippen LogP) is 3.34. The molecule has 1 aromatic rings. The number of nitrogens with one attached hydrogen (secondary N) is 1. The lowest BCUT2D eigenvalue weighted by Gasteiger charge is -2.41. The monoisotopic (exact) mass is 377 g/mol. The number of likely N-dealkylation sites (tertiary alicyclic amines) is 2. The molecule has 0 saturated carbocycles. The molecule has 0 aliphatic carbocycles. The fourth-order valence-electron chi connectivity index (χ4n) is 4.22. The number of carbonyl (C=O) groups is 1. The Morgan fingerprint density at radius 1 is 1.15 bits per heavy atom. The minimum absolute atomic E-state index is 0.203. The lowest BCUT2D eigenvalue weighted by Crippen LogP contribution is -2.53. The molecule has 26 heavy (non-hydrogen) atoms. The molecular weight excluding hydrogens is 346 g/mol. The first-order chi connectivity index (χ1) is 12.6. The number of rotatable bonds is 6. The van der Waals surface area contributed by atoms with Crippen molar-refractivity contribution in [3.8, 4) is 0 Å². The summed E-state index contributed by atoms with van der Waals surface area (Å²) >= 11 is 5.91. The average Bonchev–Trinajstić information content (AvgIpc) is 2.64. The van der Waals surface area contributed by atoms with Crippen molar-refractivity contribution >= 4 is 17.5 Å². The Morgan fingerprint density at radius 2 is 1.88 bits per heavy atom. The van der Waals surface area contributed by atoms with Crippen LogP contribution in [-0.2, 0) is 11.2 Å². The summed E-state index contributed by atoms with van der Waals surface area (Å²) in [5, 5.41) is 4.04. The van der Waals surface area contributed by atoms with Gasteiger partial charge in [-0.25, -0.2) is 0 Å². The van der Waals surface area contributed by atoms with E-state index in [0.29, 0.717) is 18.5 Å². The minimum Gasteiger partial charge on any atom is -0.352 e. The van der Waals surface area contributed by atoms with Gasteiger partial charge in [0.05, 0.1) is 0 Å². The molecule has 1 atom stereocenters. The van der Waals surface area contributed by atoms with Gasteiger partial charge in [0.25, 0.3) is 0 Å². The summed E-state index contributed by atoms with van der Waals surface area (Å²) in [6.45, 7) is 4.61. The first-order valence-corrected chi connectivity index (χ1v) is 10.4.